The molecule has 0 N–H and O–H groups in total. The topological polar surface area (TPSA) is 8.17 Å². The molecule has 0 aliphatic heterocycles. The van der Waals surface area contributed by atoms with Gasteiger partial charge in [0.15, 0.2) is 0 Å². The highest BCUT2D eigenvalue weighted by Gasteiger charge is 2.37. The number of nitrogens with zero attached hydrogens (tertiary/aromatic N) is 2. The summed E-state index contributed by atoms with van der Waals surface area (Å²) in [6.07, 6.45) is 0. The number of hydrogen-bond acceptors (Lipinski definition) is 1. The maximum Gasteiger partial charge on any atom is 0.0702 e. The second-order valence-corrected chi connectivity index (χ2v) is 16.1. The third-order valence-electron chi connectivity index (χ3n) is 12.4. The number of benzene rings is 9. The molecule has 0 saturated carbocycles. The van der Waals surface area contributed by atoms with Crippen LogP contribution in [-0.2, 0) is 5.41 Å². The lowest BCUT2D eigenvalue weighted by Gasteiger charge is -2.31. The van der Waals surface area contributed by atoms with Gasteiger partial charge in [-0.15, -0.1) is 0 Å². The van der Waals surface area contributed by atoms with E-state index in [1.807, 2.05) is 0 Å². The smallest absolute Gasteiger partial charge is 0.0702 e. The van der Waals surface area contributed by atoms with Crippen molar-refractivity contribution in [2.24, 2.45) is 0 Å². The molecular formula is C57H42N2. The standard InChI is InChI=1S/C57H42N2/c1-57(2)49-24-10-6-22-48(49)56-47(23-16-25-50(56)57)46-21-9-11-26-51(46)58(43-37-35-42(36-38-43)41-33-31-40(32-34-41)39-17-4-3-5-18-39)54-29-14-15-30-55(54)59-52-27-12-7-19-44(52)45-20-8-13-28-53(45)59/h3-38H,1-2H3. The number of fused-ring (bicyclic) bond motifs is 6. The molecule has 10 aromatic rings. The van der Waals surface area contributed by atoms with Crippen molar-refractivity contribution in [1.29, 1.82) is 0 Å². The summed E-state index contributed by atoms with van der Waals surface area (Å²) in [6.45, 7) is 4.72. The molecule has 0 bridgehead atoms. The fourth-order valence-electron chi connectivity index (χ4n) is 9.60. The molecule has 280 valence electrons. The monoisotopic (exact) mass is 754 g/mol. The Hall–Kier alpha value is -7.42. The molecule has 0 amide bonds. The maximum absolute atomic E-state index is 2.47. The van der Waals surface area contributed by atoms with Gasteiger partial charge in [-0.2, -0.15) is 0 Å². The van der Waals surface area contributed by atoms with Crippen LogP contribution in [0.1, 0.15) is 25.0 Å². The van der Waals surface area contributed by atoms with Crippen LogP contribution in [0, 0.1) is 0 Å². The van der Waals surface area contributed by atoms with E-state index in [4.69, 9.17) is 0 Å². The van der Waals surface area contributed by atoms with Crippen molar-refractivity contribution in [2.75, 3.05) is 4.90 Å². The van der Waals surface area contributed by atoms with Crippen LogP contribution in [0.15, 0.2) is 218 Å². The van der Waals surface area contributed by atoms with Crippen molar-refractivity contribution in [2.45, 2.75) is 19.3 Å². The Morgan fingerprint density at radius 3 is 1.51 bits per heavy atom. The molecule has 9 aromatic carbocycles. The van der Waals surface area contributed by atoms with Gasteiger partial charge in [-0.05, 0) is 92.5 Å². The number of rotatable bonds is 7. The normalized spacial score (nSPS) is 12.7. The molecule has 1 heterocycles. The zero-order valence-corrected chi connectivity index (χ0v) is 33.2. The Bertz CT molecular complexity index is 3120. The predicted octanol–water partition coefficient (Wildman–Crippen LogP) is 15.6. The molecule has 0 atom stereocenters. The van der Waals surface area contributed by atoms with Gasteiger partial charge < -0.3 is 9.47 Å². The van der Waals surface area contributed by atoms with Crippen LogP contribution in [-0.4, -0.2) is 4.57 Å². The second-order valence-electron chi connectivity index (χ2n) is 16.1. The summed E-state index contributed by atoms with van der Waals surface area (Å²) in [7, 11) is 0. The third-order valence-corrected chi connectivity index (χ3v) is 12.4. The van der Waals surface area contributed by atoms with Crippen molar-refractivity contribution < 1.29 is 0 Å². The first-order chi connectivity index (χ1) is 29.1. The molecule has 59 heavy (non-hydrogen) atoms. The van der Waals surface area contributed by atoms with Crippen molar-refractivity contribution in [1.82, 2.24) is 4.57 Å². The van der Waals surface area contributed by atoms with Crippen LogP contribution in [0.3, 0.4) is 0 Å². The molecule has 2 nitrogen and oxygen atoms in total. The minimum atomic E-state index is -0.102. The van der Waals surface area contributed by atoms with E-state index in [1.165, 1.54) is 77.4 Å². The summed E-state index contributed by atoms with van der Waals surface area (Å²) in [5.41, 5.74) is 19.3. The number of para-hydroxylation sites is 5. The quantitative estimate of drug-likeness (QED) is 0.157. The van der Waals surface area contributed by atoms with E-state index in [0.29, 0.717) is 0 Å². The highest BCUT2D eigenvalue weighted by molar-refractivity contribution is 6.10. The van der Waals surface area contributed by atoms with Crippen LogP contribution in [0.5, 0.6) is 0 Å². The second kappa shape index (κ2) is 13.9. The molecule has 0 spiro atoms. The van der Waals surface area contributed by atoms with E-state index in [9.17, 15) is 0 Å². The zero-order chi connectivity index (χ0) is 39.5. The largest absolute Gasteiger partial charge is 0.308 e. The summed E-state index contributed by atoms with van der Waals surface area (Å²) < 4.78 is 2.44. The lowest BCUT2D eigenvalue weighted by molar-refractivity contribution is 0.660. The van der Waals surface area contributed by atoms with Gasteiger partial charge in [-0.3, -0.25) is 0 Å². The first-order valence-electron chi connectivity index (χ1n) is 20.5. The van der Waals surface area contributed by atoms with E-state index >= 15 is 0 Å². The zero-order valence-electron chi connectivity index (χ0n) is 33.2. The van der Waals surface area contributed by atoms with Crippen LogP contribution >= 0.6 is 0 Å². The van der Waals surface area contributed by atoms with Crippen molar-refractivity contribution in [3.63, 3.8) is 0 Å². The first kappa shape index (κ1) is 34.8. The Labute approximate surface area is 345 Å². The Kier molecular flexibility index (Phi) is 8.20. The lowest BCUT2D eigenvalue weighted by atomic mass is 9.82. The molecule has 2 heteroatoms. The minimum absolute atomic E-state index is 0.102. The van der Waals surface area contributed by atoms with E-state index in [1.54, 1.807) is 0 Å². The van der Waals surface area contributed by atoms with Gasteiger partial charge in [0.05, 0.1) is 28.1 Å². The molecule has 1 aromatic heterocycles. The minimum Gasteiger partial charge on any atom is -0.308 e. The van der Waals surface area contributed by atoms with Crippen LogP contribution in [0.25, 0.3) is 72.0 Å². The predicted molar refractivity (Wildman–Crippen MR) is 249 cm³/mol. The molecule has 0 fully saturated rings. The van der Waals surface area contributed by atoms with E-state index in [-0.39, 0.29) is 5.41 Å². The van der Waals surface area contributed by atoms with Gasteiger partial charge in [-0.1, -0.05) is 190 Å². The average Bonchev–Trinajstić information content (AvgIpc) is 3.76. The summed E-state index contributed by atoms with van der Waals surface area (Å²) in [6, 6.07) is 79.8. The lowest BCUT2D eigenvalue weighted by Crippen LogP contribution is -2.15. The summed E-state index contributed by atoms with van der Waals surface area (Å²) in [5.74, 6) is 0. The molecule has 0 unspecified atom stereocenters. The molecule has 1 aliphatic carbocycles. The Morgan fingerprint density at radius 1 is 0.356 bits per heavy atom. The van der Waals surface area contributed by atoms with E-state index in [0.717, 1.165) is 22.7 Å². The SMILES string of the molecule is CC1(C)c2ccccc2-c2c(-c3ccccc3N(c3ccc(-c4ccc(-c5ccccc5)cc4)cc3)c3ccccc3-n3c4ccccc4c4ccccc43)cccc21. The van der Waals surface area contributed by atoms with Crippen LogP contribution < -0.4 is 4.90 Å². The fourth-order valence-corrected chi connectivity index (χ4v) is 9.60. The summed E-state index contributed by atoms with van der Waals surface area (Å²) >= 11 is 0. The van der Waals surface area contributed by atoms with Gasteiger partial charge in [0.1, 0.15) is 0 Å². The van der Waals surface area contributed by atoms with Crippen molar-refractivity contribution in [3.8, 4) is 50.2 Å². The van der Waals surface area contributed by atoms with Gasteiger partial charge in [0, 0.05) is 27.4 Å². The van der Waals surface area contributed by atoms with Crippen LogP contribution in [0.4, 0.5) is 17.1 Å². The number of aromatic nitrogens is 1. The average molecular weight is 755 g/mol. The number of anilines is 3. The van der Waals surface area contributed by atoms with Gasteiger partial charge in [0.25, 0.3) is 0 Å². The third kappa shape index (κ3) is 5.63. The molecular weight excluding hydrogens is 713 g/mol. The van der Waals surface area contributed by atoms with Crippen molar-refractivity contribution in [3.05, 3.63) is 230 Å². The fraction of sp³-hybridized carbons (Fsp3) is 0.0526. The molecule has 0 radical (unpaired) electrons. The van der Waals surface area contributed by atoms with E-state index < -0.39 is 0 Å². The van der Waals surface area contributed by atoms with Gasteiger partial charge in [-0.25, -0.2) is 0 Å². The molecule has 1 aliphatic rings. The number of hydrogen-bond donors (Lipinski definition) is 0. The highest BCUT2D eigenvalue weighted by Crippen LogP contribution is 2.54. The van der Waals surface area contributed by atoms with Crippen molar-refractivity contribution >= 4 is 38.9 Å². The summed E-state index contributed by atoms with van der Waals surface area (Å²) in [4.78, 5) is 2.47. The summed E-state index contributed by atoms with van der Waals surface area (Å²) in [5, 5.41) is 2.49. The van der Waals surface area contributed by atoms with Crippen LogP contribution in [0.2, 0.25) is 0 Å². The molecule has 0 saturated heterocycles. The van der Waals surface area contributed by atoms with Gasteiger partial charge in [0.2, 0.25) is 0 Å². The first-order valence-corrected chi connectivity index (χ1v) is 20.5. The highest BCUT2D eigenvalue weighted by atomic mass is 15.2. The molecule has 11 rings (SSSR count). The van der Waals surface area contributed by atoms with E-state index in [2.05, 4.69) is 242 Å². The Balaban J connectivity index is 1.12. The maximum atomic E-state index is 2.47. The van der Waals surface area contributed by atoms with Gasteiger partial charge >= 0.3 is 0 Å². The Morgan fingerprint density at radius 2 is 0.831 bits per heavy atom.